The second-order valence-corrected chi connectivity index (χ2v) is 8.09. The fraction of sp³-hybridized carbons (Fsp3) is 0.400. The number of aromatic nitrogens is 2. The van der Waals surface area contributed by atoms with Crippen LogP contribution in [-0.2, 0) is 16.9 Å². The van der Waals surface area contributed by atoms with Crippen LogP contribution in [0, 0.1) is 0 Å². The summed E-state index contributed by atoms with van der Waals surface area (Å²) in [4.78, 5) is 17.0. The van der Waals surface area contributed by atoms with E-state index in [4.69, 9.17) is 0 Å². The molecule has 2 heterocycles. The van der Waals surface area contributed by atoms with Gasteiger partial charge in [0.25, 0.3) is 5.56 Å². The highest BCUT2D eigenvalue weighted by atomic mass is 32.2. The number of nitrogens with zero attached hydrogens (tertiary/aromatic N) is 2. The summed E-state index contributed by atoms with van der Waals surface area (Å²) in [6.45, 7) is 0. The van der Waals surface area contributed by atoms with Gasteiger partial charge in [0.2, 0.25) is 0 Å². The number of thiophene rings is 1. The molecule has 0 saturated carbocycles. The Hall–Kier alpha value is -0.860. The normalized spacial score (nSPS) is 12.1. The molecule has 0 unspecified atom stereocenters. The Balaban J connectivity index is 2.28. The highest BCUT2D eigenvalue weighted by molar-refractivity contribution is 8.00. The molecule has 0 bridgehead atoms. The van der Waals surface area contributed by atoms with Crippen molar-refractivity contribution in [2.24, 2.45) is 7.05 Å². The van der Waals surface area contributed by atoms with Crippen molar-refractivity contribution in [1.29, 1.82) is 0 Å². The molecule has 0 atom stereocenters. The molecule has 0 radical (unpaired) electrons. The highest BCUT2D eigenvalue weighted by Gasteiger charge is 2.10. The van der Waals surface area contributed by atoms with Crippen LogP contribution < -0.4 is 5.56 Å². The average Bonchev–Trinajstić information content (AvgIpc) is 2.71. The van der Waals surface area contributed by atoms with E-state index in [1.807, 2.05) is 5.38 Å². The molecule has 2 aromatic rings. The quantitative estimate of drug-likeness (QED) is 0.625. The summed E-state index contributed by atoms with van der Waals surface area (Å²) in [5.41, 5.74) is -0.0943. The maximum absolute atomic E-state index is 12.0. The minimum atomic E-state index is -2.98. The zero-order valence-electron chi connectivity index (χ0n) is 9.91. The van der Waals surface area contributed by atoms with Gasteiger partial charge < -0.3 is 0 Å². The van der Waals surface area contributed by atoms with Gasteiger partial charge in [-0.2, -0.15) is 0 Å². The first kappa shape index (κ1) is 13.6. The predicted octanol–water partition coefficient (Wildman–Crippen LogP) is 1.13. The summed E-state index contributed by atoms with van der Waals surface area (Å²) >= 11 is 2.69. The van der Waals surface area contributed by atoms with E-state index in [1.165, 1.54) is 33.9 Å². The van der Waals surface area contributed by atoms with Crippen molar-refractivity contribution >= 4 is 43.2 Å². The molecular weight excluding hydrogens is 292 g/mol. The Morgan fingerprint density at radius 1 is 1.50 bits per heavy atom. The molecule has 98 valence electrons. The number of hydrogen-bond donors (Lipinski definition) is 0. The second-order valence-electron chi connectivity index (χ2n) is 3.88. The fourth-order valence-electron chi connectivity index (χ4n) is 1.39. The summed E-state index contributed by atoms with van der Waals surface area (Å²) in [6, 6.07) is 1.75. The number of fused-ring (bicyclic) bond motifs is 1. The summed E-state index contributed by atoms with van der Waals surface area (Å²) in [6.07, 6.45) is 1.20. The molecule has 8 heteroatoms. The average molecular weight is 304 g/mol. The SMILES string of the molecule is Cn1c(SCCS(C)(=O)=O)nc2sccc2c1=O. The molecule has 0 fully saturated rings. The first-order valence-electron chi connectivity index (χ1n) is 5.13. The van der Waals surface area contributed by atoms with Gasteiger partial charge in [-0.15, -0.1) is 11.3 Å². The Labute approximate surface area is 113 Å². The van der Waals surface area contributed by atoms with E-state index in [-0.39, 0.29) is 11.3 Å². The van der Waals surface area contributed by atoms with Gasteiger partial charge >= 0.3 is 0 Å². The molecule has 2 aromatic heterocycles. The molecule has 0 aliphatic carbocycles. The van der Waals surface area contributed by atoms with Crippen LogP contribution in [0.5, 0.6) is 0 Å². The van der Waals surface area contributed by atoms with Crippen LogP contribution in [0.25, 0.3) is 10.2 Å². The van der Waals surface area contributed by atoms with Gasteiger partial charge in [-0.25, -0.2) is 13.4 Å². The lowest BCUT2D eigenvalue weighted by Gasteiger charge is -2.06. The number of rotatable bonds is 4. The summed E-state index contributed by atoms with van der Waals surface area (Å²) in [5, 5.41) is 2.98. The van der Waals surface area contributed by atoms with E-state index in [0.29, 0.717) is 21.1 Å². The van der Waals surface area contributed by atoms with E-state index >= 15 is 0 Å². The number of sulfone groups is 1. The minimum absolute atomic E-state index is 0.0794. The number of hydrogen-bond acceptors (Lipinski definition) is 6. The third-order valence-electron chi connectivity index (χ3n) is 2.35. The topological polar surface area (TPSA) is 69.0 Å². The van der Waals surface area contributed by atoms with Crippen molar-refractivity contribution in [3.63, 3.8) is 0 Å². The minimum Gasteiger partial charge on any atom is -0.290 e. The second kappa shape index (κ2) is 5.02. The molecule has 5 nitrogen and oxygen atoms in total. The fourth-order valence-corrected chi connectivity index (χ4v) is 4.37. The third-order valence-corrected chi connectivity index (χ3v) is 5.39. The largest absolute Gasteiger partial charge is 0.290 e. The van der Waals surface area contributed by atoms with Crippen molar-refractivity contribution in [2.75, 3.05) is 17.8 Å². The highest BCUT2D eigenvalue weighted by Crippen LogP contribution is 2.20. The lowest BCUT2D eigenvalue weighted by molar-refractivity contribution is 0.603. The van der Waals surface area contributed by atoms with Crippen LogP contribution >= 0.6 is 23.1 Å². The predicted molar refractivity (Wildman–Crippen MR) is 75.3 cm³/mol. The molecule has 0 amide bonds. The van der Waals surface area contributed by atoms with Gasteiger partial charge in [0, 0.05) is 19.1 Å². The first-order chi connectivity index (χ1) is 8.38. The van der Waals surface area contributed by atoms with E-state index in [9.17, 15) is 13.2 Å². The van der Waals surface area contributed by atoms with Crippen LogP contribution in [0.15, 0.2) is 21.4 Å². The standard InChI is InChI=1S/C10H12N2O3S3/c1-12-9(13)7-3-4-16-8(7)11-10(12)17-5-6-18(2,14)15/h3-4H,5-6H2,1-2H3. The maximum atomic E-state index is 12.0. The summed E-state index contributed by atoms with van der Waals surface area (Å²) < 4.78 is 23.5. The van der Waals surface area contributed by atoms with E-state index in [0.717, 1.165) is 0 Å². The van der Waals surface area contributed by atoms with Gasteiger partial charge in [-0.3, -0.25) is 9.36 Å². The van der Waals surface area contributed by atoms with Gasteiger partial charge in [-0.05, 0) is 11.4 Å². The summed E-state index contributed by atoms with van der Waals surface area (Å²) in [5.74, 6) is 0.478. The van der Waals surface area contributed by atoms with Crippen molar-refractivity contribution in [2.45, 2.75) is 5.16 Å². The van der Waals surface area contributed by atoms with Crippen molar-refractivity contribution in [3.05, 3.63) is 21.8 Å². The molecule has 0 N–H and O–H groups in total. The van der Waals surface area contributed by atoms with Gasteiger partial charge in [-0.1, -0.05) is 11.8 Å². The monoisotopic (exact) mass is 304 g/mol. The molecule has 0 spiro atoms. The smallest absolute Gasteiger partial charge is 0.262 e. The van der Waals surface area contributed by atoms with Crippen molar-refractivity contribution in [3.8, 4) is 0 Å². The molecular formula is C10H12N2O3S3. The van der Waals surface area contributed by atoms with Gasteiger partial charge in [0.1, 0.15) is 14.7 Å². The van der Waals surface area contributed by atoms with Gasteiger partial charge in [0.05, 0.1) is 11.1 Å². The number of thioether (sulfide) groups is 1. The summed E-state index contributed by atoms with van der Waals surface area (Å²) in [7, 11) is -1.33. The zero-order chi connectivity index (χ0) is 13.3. The zero-order valence-corrected chi connectivity index (χ0v) is 12.4. The van der Waals surface area contributed by atoms with E-state index in [1.54, 1.807) is 13.1 Å². The van der Waals surface area contributed by atoms with Crippen LogP contribution in [0.1, 0.15) is 0 Å². The van der Waals surface area contributed by atoms with Gasteiger partial charge in [0.15, 0.2) is 5.16 Å². The first-order valence-corrected chi connectivity index (χ1v) is 9.06. The molecule has 0 aromatic carbocycles. The molecule has 0 aliphatic rings. The van der Waals surface area contributed by atoms with Crippen LogP contribution in [0.2, 0.25) is 0 Å². The van der Waals surface area contributed by atoms with E-state index in [2.05, 4.69) is 4.98 Å². The molecule has 18 heavy (non-hydrogen) atoms. The van der Waals surface area contributed by atoms with Crippen LogP contribution in [0.4, 0.5) is 0 Å². The molecule has 0 aliphatic heterocycles. The lowest BCUT2D eigenvalue weighted by Crippen LogP contribution is -2.19. The molecule has 2 rings (SSSR count). The Kier molecular flexibility index (Phi) is 3.79. The van der Waals surface area contributed by atoms with E-state index < -0.39 is 9.84 Å². The van der Waals surface area contributed by atoms with Crippen LogP contribution in [0.3, 0.4) is 0 Å². The van der Waals surface area contributed by atoms with Crippen molar-refractivity contribution in [1.82, 2.24) is 9.55 Å². The third kappa shape index (κ3) is 2.93. The molecule has 0 saturated heterocycles. The Morgan fingerprint density at radius 3 is 2.89 bits per heavy atom. The van der Waals surface area contributed by atoms with Crippen molar-refractivity contribution < 1.29 is 8.42 Å². The maximum Gasteiger partial charge on any atom is 0.262 e. The Bertz CT molecular complexity index is 730. The lowest BCUT2D eigenvalue weighted by atomic mass is 10.4. The van der Waals surface area contributed by atoms with Crippen LogP contribution in [-0.4, -0.2) is 35.7 Å². The Morgan fingerprint density at radius 2 is 2.22 bits per heavy atom.